The second-order valence-electron chi connectivity index (χ2n) is 7.30. The van der Waals surface area contributed by atoms with Crippen LogP contribution < -0.4 is 10.6 Å². The molecule has 1 aromatic heterocycles. The van der Waals surface area contributed by atoms with Crippen molar-refractivity contribution >= 4 is 38.9 Å². The van der Waals surface area contributed by atoms with E-state index < -0.39 is 0 Å². The van der Waals surface area contributed by atoms with Gasteiger partial charge in [-0.3, -0.25) is 0 Å². The van der Waals surface area contributed by atoms with Gasteiger partial charge < -0.3 is 10.6 Å². The van der Waals surface area contributed by atoms with Crippen molar-refractivity contribution in [1.29, 1.82) is 0 Å². The normalized spacial score (nSPS) is 11.2. The number of fused-ring (bicyclic) bond motifs is 2. The van der Waals surface area contributed by atoms with Crippen LogP contribution in [0.25, 0.3) is 21.8 Å². The Morgan fingerprint density at radius 1 is 0.750 bits per heavy atom. The highest BCUT2D eigenvalue weighted by Crippen LogP contribution is 2.38. The van der Waals surface area contributed by atoms with Crippen LogP contribution in [-0.2, 0) is 0 Å². The number of para-hydroxylation sites is 2. The lowest BCUT2D eigenvalue weighted by Crippen LogP contribution is -2.19. The van der Waals surface area contributed by atoms with E-state index in [4.69, 9.17) is 10.7 Å². The summed E-state index contributed by atoms with van der Waals surface area (Å²) in [5.41, 5.74) is 11.2. The van der Waals surface area contributed by atoms with Gasteiger partial charge in [-0.25, -0.2) is 4.98 Å². The lowest BCUT2D eigenvalue weighted by atomic mass is 10.0. The predicted octanol–water partition coefficient (Wildman–Crippen LogP) is 6.69. The Bertz CT molecular complexity index is 1020. The van der Waals surface area contributed by atoms with Gasteiger partial charge in [0.15, 0.2) is 0 Å². The Kier molecular flexibility index (Phi) is 5.43. The van der Waals surface area contributed by atoms with E-state index in [2.05, 4.69) is 72.5 Å². The first-order valence-electron chi connectivity index (χ1n) is 10.2. The highest BCUT2D eigenvalue weighted by Gasteiger charge is 2.17. The minimum atomic E-state index is 0.791. The van der Waals surface area contributed by atoms with Gasteiger partial charge in [0.25, 0.3) is 0 Å². The van der Waals surface area contributed by atoms with Crippen molar-refractivity contribution < 1.29 is 0 Å². The summed E-state index contributed by atoms with van der Waals surface area (Å²) >= 11 is 0. The molecule has 0 radical (unpaired) electrons. The number of hydrogen-bond donors (Lipinski definition) is 1. The molecule has 0 saturated carbocycles. The molecule has 0 aliphatic heterocycles. The summed E-state index contributed by atoms with van der Waals surface area (Å²) in [5.74, 6) is 0. The average molecular weight is 370 g/mol. The van der Waals surface area contributed by atoms with Crippen LogP contribution in [0.3, 0.4) is 0 Å². The van der Waals surface area contributed by atoms with Gasteiger partial charge in [0.05, 0.1) is 16.7 Å². The zero-order chi connectivity index (χ0) is 19.3. The minimum Gasteiger partial charge on any atom is -0.399 e. The molecule has 0 unspecified atom stereocenters. The summed E-state index contributed by atoms with van der Waals surface area (Å²) in [6.07, 6.45) is 4.91. The SMILES string of the molecule is CCCCCCN(c1ccc(N)cc1)c1c2ccccc2nc2ccccc12. The molecule has 2 N–H and O–H groups in total. The zero-order valence-corrected chi connectivity index (χ0v) is 16.4. The molecule has 3 aromatic carbocycles. The minimum absolute atomic E-state index is 0.791. The number of pyridine rings is 1. The number of unbranched alkanes of at least 4 members (excludes halogenated alkanes) is 3. The van der Waals surface area contributed by atoms with Gasteiger partial charge in [0.1, 0.15) is 0 Å². The lowest BCUT2D eigenvalue weighted by molar-refractivity contribution is 0.669. The first-order chi connectivity index (χ1) is 13.8. The molecule has 0 saturated heterocycles. The molecule has 3 nitrogen and oxygen atoms in total. The van der Waals surface area contributed by atoms with Crippen LogP contribution in [0.5, 0.6) is 0 Å². The van der Waals surface area contributed by atoms with E-state index in [1.165, 1.54) is 41.4 Å². The molecule has 4 rings (SSSR count). The van der Waals surface area contributed by atoms with Gasteiger partial charge >= 0.3 is 0 Å². The van der Waals surface area contributed by atoms with Crippen LogP contribution in [0.4, 0.5) is 17.1 Å². The second-order valence-corrected chi connectivity index (χ2v) is 7.30. The third kappa shape index (κ3) is 3.65. The molecule has 0 aliphatic carbocycles. The Morgan fingerprint density at radius 2 is 1.36 bits per heavy atom. The van der Waals surface area contributed by atoms with Crippen molar-refractivity contribution in [2.24, 2.45) is 0 Å². The summed E-state index contributed by atoms with van der Waals surface area (Å²) in [7, 11) is 0. The van der Waals surface area contributed by atoms with Gasteiger partial charge in [-0.2, -0.15) is 0 Å². The highest BCUT2D eigenvalue weighted by atomic mass is 15.1. The molecule has 142 valence electrons. The summed E-state index contributed by atoms with van der Waals surface area (Å²) in [6, 6.07) is 25.1. The molecule has 28 heavy (non-hydrogen) atoms. The van der Waals surface area contributed by atoms with Crippen LogP contribution in [0, 0.1) is 0 Å². The topological polar surface area (TPSA) is 42.1 Å². The Hall–Kier alpha value is -3.07. The van der Waals surface area contributed by atoms with E-state index in [0.717, 1.165) is 29.7 Å². The van der Waals surface area contributed by atoms with E-state index in [0.29, 0.717) is 0 Å². The smallest absolute Gasteiger partial charge is 0.0730 e. The van der Waals surface area contributed by atoms with Gasteiger partial charge in [-0.15, -0.1) is 0 Å². The molecule has 1 heterocycles. The van der Waals surface area contributed by atoms with Crippen molar-refractivity contribution in [2.75, 3.05) is 17.2 Å². The van der Waals surface area contributed by atoms with E-state index in [9.17, 15) is 0 Å². The zero-order valence-electron chi connectivity index (χ0n) is 16.4. The Balaban J connectivity index is 1.90. The molecule has 3 heteroatoms. The van der Waals surface area contributed by atoms with Gasteiger partial charge in [-0.05, 0) is 42.8 Å². The fourth-order valence-corrected chi connectivity index (χ4v) is 3.83. The number of nitrogen functional groups attached to an aromatic ring is 1. The maximum Gasteiger partial charge on any atom is 0.0730 e. The van der Waals surface area contributed by atoms with Crippen molar-refractivity contribution in [3.05, 3.63) is 72.8 Å². The van der Waals surface area contributed by atoms with Crippen LogP contribution in [0.15, 0.2) is 72.8 Å². The third-order valence-electron chi connectivity index (χ3n) is 5.27. The maximum atomic E-state index is 5.96. The van der Waals surface area contributed by atoms with Crippen molar-refractivity contribution in [3.63, 3.8) is 0 Å². The van der Waals surface area contributed by atoms with Gasteiger partial charge in [0.2, 0.25) is 0 Å². The molecule has 0 amide bonds. The molecule has 0 atom stereocenters. The van der Waals surface area contributed by atoms with Crippen molar-refractivity contribution in [1.82, 2.24) is 4.98 Å². The van der Waals surface area contributed by atoms with Gasteiger partial charge in [-0.1, -0.05) is 62.6 Å². The summed E-state index contributed by atoms with van der Waals surface area (Å²) in [5, 5.41) is 2.38. The molecule has 0 fully saturated rings. The van der Waals surface area contributed by atoms with Crippen molar-refractivity contribution in [3.8, 4) is 0 Å². The molecule has 0 aliphatic rings. The monoisotopic (exact) mass is 369 g/mol. The second kappa shape index (κ2) is 8.30. The van der Waals surface area contributed by atoms with Crippen LogP contribution in [0.2, 0.25) is 0 Å². The number of benzene rings is 3. The fraction of sp³-hybridized carbons (Fsp3) is 0.240. The summed E-state index contributed by atoms with van der Waals surface area (Å²) in [6.45, 7) is 3.23. The first kappa shape index (κ1) is 18.3. The predicted molar refractivity (Wildman–Crippen MR) is 121 cm³/mol. The summed E-state index contributed by atoms with van der Waals surface area (Å²) in [4.78, 5) is 7.34. The van der Waals surface area contributed by atoms with Crippen LogP contribution >= 0.6 is 0 Å². The number of nitrogens with zero attached hydrogens (tertiary/aromatic N) is 2. The van der Waals surface area contributed by atoms with Gasteiger partial charge in [0, 0.05) is 28.7 Å². The van der Waals surface area contributed by atoms with E-state index in [1.807, 2.05) is 12.1 Å². The number of aromatic nitrogens is 1. The molecular formula is C25H27N3. The summed E-state index contributed by atoms with van der Waals surface area (Å²) < 4.78 is 0. The average Bonchev–Trinajstić information content (AvgIpc) is 2.73. The van der Waals surface area contributed by atoms with Crippen molar-refractivity contribution in [2.45, 2.75) is 32.6 Å². The Labute approximate surface area is 166 Å². The molecular weight excluding hydrogens is 342 g/mol. The van der Waals surface area contributed by atoms with E-state index >= 15 is 0 Å². The first-order valence-corrected chi connectivity index (χ1v) is 10.2. The number of nitrogens with two attached hydrogens (primary N) is 1. The van der Waals surface area contributed by atoms with E-state index in [-0.39, 0.29) is 0 Å². The molecule has 0 spiro atoms. The molecule has 4 aromatic rings. The number of hydrogen-bond acceptors (Lipinski definition) is 3. The highest BCUT2D eigenvalue weighted by molar-refractivity contribution is 6.09. The largest absolute Gasteiger partial charge is 0.399 e. The van der Waals surface area contributed by atoms with E-state index in [1.54, 1.807) is 0 Å². The number of rotatable bonds is 7. The maximum absolute atomic E-state index is 5.96. The fourth-order valence-electron chi connectivity index (χ4n) is 3.83. The third-order valence-corrected chi connectivity index (χ3v) is 5.27. The Morgan fingerprint density at radius 3 is 1.96 bits per heavy atom. The standard InChI is InChI=1S/C25H27N3/c1-2-3-4-9-18-28(20-16-14-19(26)15-17-20)25-21-10-5-7-12-23(21)27-24-13-8-6-11-22(24)25/h5-8,10-17H,2-4,9,18,26H2,1H3. The lowest BCUT2D eigenvalue weighted by Gasteiger charge is -2.28. The molecule has 0 bridgehead atoms. The quantitative estimate of drug-likeness (QED) is 0.224. The van der Waals surface area contributed by atoms with Crippen LogP contribution in [0.1, 0.15) is 32.6 Å². The van der Waals surface area contributed by atoms with Crippen LogP contribution in [-0.4, -0.2) is 11.5 Å². The number of anilines is 3.